The van der Waals surface area contributed by atoms with Crippen LogP contribution in [-0.2, 0) is 13.0 Å². The number of hydrogen-bond donors (Lipinski definition) is 0. The highest BCUT2D eigenvalue weighted by Gasteiger charge is 2.30. The maximum absolute atomic E-state index is 5.60. The van der Waals surface area contributed by atoms with Crippen LogP contribution in [0.2, 0.25) is 0 Å². The van der Waals surface area contributed by atoms with Crippen molar-refractivity contribution in [3.8, 4) is 34.3 Å². The van der Waals surface area contributed by atoms with Crippen LogP contribution in [0.4, 0.5) is 0 Å². The lowest BCUT2D eigenvalue weighted by Crippen LogP contribution is -3.00. The molecule has 0 unspecified atom stereocenters. The molecular formula is C20H16INO4. The first-order chi connectivity index (χ1) is 12.3. The lowest BCUT2D eigenvalue weighted by Gasteiger charge is -2.18. The predicted octanol–water partition coefficient (Wildman–Crippen LogP) is 0.120. The van der Waals surface area contributed by atoms with Crippen molar-refractivity contribution >= 4 is 10.8 Å². The molecule has 26 heavy (non-hydrogen) atoms. The molecular weight excluding hydrogens is 445 g/mol. The Kier molecular flexibility index (Phi) is 3.47. The summed E-state index contributed by atoms with van der Waals surface area (Å²) in [5, 5.41) is 2.37. The zero-order chi connectivity index (χ0) is 16.5. The van der Waals surface area contributed by atoms with Crippen LogP contribution in [0, 0.1) is 6.92 Å². The average molecular weight is 461 g/mol. The number of pyridine rings is 1. The van der Waals surface area contributed by atoms with Gasteiger partial charge in [-0.15, -0.1) is 0 Å². The number of ether oxygens (including phenoxy) is 4. The van der Waals surface area contributed by atoms with Crippen LogP contribution in [0.5, 0.6) is 23.0 Å². The zero-order valence-corrected chi connectivity index (χ0v) is 16.3. The van der Waals surface area contributed by atoms with E-state index in [9.17, 15) is 0 Å². The largest absolute Gasteiger partial charge is 1.00 e. The Hall–Kier alpha value is -2.22. The number of nitrogens with zero attached hydrogens (tertiary/aromatic N) is 1. The first-order valence-corrected chi connectivity index (χ1v) is 8.47. The van der Waals surface area contributed by atoms with Crippen molar-refractivity contribution in [2.75, 3.05) is 13.6 Å². The smallest absolute Gasteiger partial charge is 0.231 e. The van der Waals surface area contributed by atoms with Crippen molar-refractivity contribution in [2.45, 2.75) is 19.9 Å². The quantitative estimate of drug-likeness (QED) is 0.353. The van der Waals surface area contributed by atoms with Gasteiger partial charge in [-0.2, -0.15) is 4.57 Å². The predicted molar refractivity (Wildman–Crippen MR) is 90.3 cm³/mol. The number of aromatic nitrogens is 1. The molecule has 1 aromatic heterocycles. The van der Waals surface area contributed by atoms with Gasteiger partial charge in [0.2, 0.25) is 19.3 Å². The molecule has 3 aliphatic rings. The Labute approximate surface area is 167 Å². The number of halogens is 1. The van der Waals surface area contributed by atoms with E-state index < -0.39 is 0 Å². The average Bonchev–Trinajstić information content (AvgIpc) is 3.26. The molecule has 0 bridgehead atoms. The van der Waals surface area contributed by atoms with Gasteiger partial charge in [0.1, 0.15) is 0 Å². The summed E-state index contributed by atoms with van der Waals surface area (Å²) >= 11 is 0. The normalized spacial score (nSPS) is 15.4. The molecule has 0 amide bonds. The van der Waals surface area contributed by atoms with Crippen LogP contribution in [0.3, 0.4) is 0 Å². The van der Waals surface area contributed by atoms with Gasteiger partial charge in [-0.05, 0) is 36.8 Å². The van der Waals surface area contributed by atoms with Crippen LogP contribution in [-0.4, -0.2) is 13.6 Å². The molecule has 2 aromatic carbocycles. The standard InChI is InChI=1S/C20H16NO4.HI/c1-11-14-6-18-17(23-10-24-18)5-13(14)8-21-3-2-12-4-16-19(25-9-22-16)7-15(12)20(11)21;/h4-8H,2-3,9-10H2,1H3;1H/q+1;/p-1. The van der Waals surface area contributed by atoms with E-state index in [1.165, 1.54) is 33.2 Å². The summed E-state index contributed by atoms with van der Waals surface area (Å²) < 4.78 is 24.6. The maximum Gasteiger partial charge on any atom is 0.231 e. The van der Waals surface area contributed by atoms with Gasteiger partial charge in [-0.3, -0.25) is 0 Å². The molecule has 0 saturated heterocycles. The van der Waals surface area contributed by atoms with Gasteiger partial charge < -0.3 is 42.9 Å². The Morgan fingerprint density at radius 2 is 1.50 bits per heavy atom. The molecule has 0 spiro atoms. The number of rotatable bonds is 0. The highest BCUT2D eigenvalue weighted by atomic mass is 127. The maximum atomic E-state index is 5.60. The SMILES string of the molecule is Cc1c2[n+](cc3cc4c(cc13)OCO4)CCc1cc3c(cc1-2)OCO3.[I-]. The minimum Gasteiger partial charge on any atom is -1.00 e. The molecule has 6 heteroatoms. The number of aryl methyl sites for hydroxylation is 3. The number of fused-ring (bicyclic) bond motifs is 6. The highest BCUT2D eigenvalue weighted by molar-refractivity contribution is 5.91. The van der Waals surface area contributed by atoms with Gasteiger partial charge in [0.05, 0.1) is 5.56 Å². The lowest BCUT2D eigenvalue weighted by molar-refractivity contribution is -0.686. The van der Waals surface area contributed by atoms with Crippen LogP contribution < -0.4 is 47.5 Å². The second kappa shape index (κ2) is 5.64. The molecule has 0 radical (unpaired) electrons. The lowest BCUT2D eigenvalue weighted by atomic mass is 9.92. The molecule has 132 valence electrons. The van der Waals surface area contributed by atoms with E-state index in [0.717, 1.165) is 36.0 Å². The number of hydrogen-bond acceptors (Lipinski definition) is 4. The summed E-state index contributed by atoms with van der Waals surface area (Å²) in [7, 11) is 0. The van der Waals surface area contributed by atoms with Crippen molar-refractivity contribution in [2.24, 2.45) is 0 Å². The van der Waals surface area contributed by atoms with E-state index in [-0.39, 0.29) is 24.0 Å². The minimum atomic E-state index is 0. The van der Waals surface area contributed by atoms with Crippen LogP contribution in [0.15, 0.2) is 30.5 Å². The summed E-state index contributed by atoms with van der Waals surface area (Å²) in [4.78, 5) is 0. The van der Waals surface area contributed by atoms with Gasteiger partial charge in [-0.25, -0.2) is 0 Å². The molecule has 4 heterocycles. The van der Waals surface area contributed by atoms with Gasteiger partial charge in [-0.1, -0.05) is 0 Å². The Morgan fingerprint density at radius 3 is 2.27 bits per heavy atom. The fourth-order valence-corrected chi connectivity index (χ4v) is 4.15. The molecule has 6 rings (SSSR count). The fourth-order valence-electron chi connectivity index (χ4n) is 4.15. The van der Waals surface area contributed by atoms with E-state index in [0.29, 0.717) is 13.6 Å². The third-order valence-corrected chi connectivity index (χ3v) is 5.36. The summed E-state index contributed by atoms with van der Waals surface area (Å²) in [5.74, 6) is 3.33. The zero-order valence-electron chi connectivity index (χ0n) is 14.2. The van der Waals surface area contributed by atoms with Gasteiger partial charge in [0.15, 0.2) is 35.7 Å². The molecule has 0 atom stereocenters. The van der Waals surface area contributed by atoms with Crippen molar-refractivity contribution in [3.05, 3.63) is 41.6 Å². The molecule has 5 nitrogen and oxygen atoms in total. The second-order valence-corrected chi connectivity index (χ2v) is 6.70. The molecule has 0 aliphatic carbocycles. The van der Waals surface area contributed by atoms with E-state index in [2.05, 4.69) is 42.0 Å². The Bertz CT molecular complexity index is 1080. The van der Waals surface area contributed by atoms with Gasteiger partial charge >= 0.3 is 0 Å². The molecule has 3 aromatic rings. The minimum absolute atomic E-state index is 0. The molecule has 0 N–H and O–H groups in total. The topological polar surface area (TPSA) is 40.8 Å². The van der Waals surface area contributed by atoms with Crippen LogP contribution in [0.25, 0.3) is 22.0 Å². The Balaban J connectivity index is 0.00000150. The first-order valence-electron chi connectivity index (χ1n) is 8.47. The van der Waals surface area contributed by atoms with E-state index >= 15 is 0 Å². The van der Waals surface area contributed by atoms with Gasteiger partial charge in [0, 0.05) is 22.8 Å². The van der Waals surface area contributed by atoms with Gasteiger partial charge in [0.25, 0.3) is 0 Å². The summed E-state index contributed by atoms with van der Waals surface area (Å²) in [5.41, 5.74) is 5.03. The summed E-state index contributed by atoms with van der Waals surface area (Å²) in [6, 6.07) is 8.42. The highest BCUT2D eigenvalue weighted by Crippen LogP contribution is 2.43. The third-order valence-electron chi connectivity index (χ3n) is 5.36. The molecule has 3 aliphatic heterocycles. The van der Waals surface area contributed by atoms with E-state index in [4.69, 9.17) is 18.9 Å². The summed E-state index contributed by atoms with van der Waals surface area (Å²) in [6.45, 7) is 3.73. The van der Waals surface area contributed by atoms with E-state index in [1.807, 2.05) is 0 Å². The van der Waals surface area contributed by atoms with Crippen molar-refractivity contribution < 1.29 is 47.5 Å². The molecule has 0 fully saturated rings. The third kappa shape index (κ3) is 2.11. The second-order valence-electron chi connectivity index (χ2n) is 6.70. The summed E-state index contributed by atoms with van der Waals surface area (Å²) in [6.07, 6.45) is 3.20. The van der Waals surface area contributed by atoms with E-state index in [1.54, 1.807) is 0 Å². The van der Waals surface area contributed by atoms with Crippen molar-refractivity contribution in [1.29, 1.82) is 0 Å². The Morgan fingerprint density at radius 1 is 0.846 bits per heavy atom. The monoisotopic (exact) mass is 461 g/mol. The number of benzene rings is 2. The molecule has 0 saturated carbocycles. The fraction of sp³-hybridized carbons (Fsp3) is 0.250. The van der Waals surface area contributed by atoms with Crippen LogP contribution in [0.1, 0.15) is 11.1 Å². The van der Waals surface area contributed by atoms with Crippen LogP contribution >= 0.6 is 0 Å². The van der Waals surface area contributed by atoms with Crippen molar-refractivity contribution in [1.82, 2.24) is 0 Å². The first kappa shape index (κ1) is 16.0. The van der Waals surface area contributed by atoms with Crippen molar-refractivity contribution in [3.63, 3.8) is 0 Å².